The summed E-state index contributed by atoms with van der Waals surface area (Å²) in [5.74, 6) is 1.47. The second-order valence-corrected chi connectivity index (χ2v) is 5.21. The molecule has 0 saturated heterocycles. The van der Waals surface area contributed by atoms with Crippen LogP contribution in [0.2, 0.25) is 0 Å². The van der Waals surface area contributed by atoms with Gasteiger partial charge in [0.1, 0.15) is 11.3 Å². The van der Waals surface area contributed by atoms with Gasteiger partial charge < -0.3 is 9.73 Å². The lowest BCUT2D eigenvalue weighted by molar-refractivity contribution is 0.561. The van der Waals surface area contributed by atoms with E-state index in [2.05, 4.69) is 31.2 Å². The lowest BCUT2D eigenvalue weighted by Crippen LogP contribution is -1.94. The van der Waals surface area contributed by atoms with Crippen molar-refractivity contribution in [2.24, 2.45) is 0 Å². The molecule has 0 saturated carbocycles. The molecule has 0 amide bonds. The number of oxazole rings is 1. The number of pyridine rings is 1. The van der Waals surface area contributed by atoms with E-state index in [0.717, 1.165) is 32.6 Å². The molecule has 2 heterocycles. The minimum absolute atomic E-state index is 0.671. The first-order valence-electron chi connectivity index (χ1n) is 5.88. The summed E-state index contributed by atoms with van der Waals surface area (Å²) in [7, 11) is 0. The van der Waals surface area contributed by atoms with E-state index in [1.807, 2.05) is 38.1 Å². The smallest absolute Gasteiger partial charge is 0.192 e. The standard InChI is InChI=1S/C14H12BrN3O/c1-8-5-14(16-7-11(8)15)18-10-3-4-12-13(6-10)19-9(2)17-12/h3-7H,1-2H3,(H,16,18). The van der Waals surface area contributed by atoms with Crippen molar-refractivity contribution in [3.8, 4) is 0 Å². The third kappa shape index (κ3) is 2.46. The Morgan fingerprint density at radius 2 is 2.05 bits per heavy atom. The molecule has 1 aromatic carbocycles. The van der Waals surface area contributed by atoms with Crippen LogP contribution in [0.5, 0.6) is 0 Å². The number of aryl methyl sites for hydroxylation is 2. The Morgan fingerprint density at radius 1 is 1.21 bits per heavy atom. The predicted octanol–water partition coefficient (Wildman–Crippen LogP) is 4.35. The van der Waals surface area contributed by atoms with Crippen molar-refractivity contribution >= 4 is 38.5 Å². The number of hydrogen-bond donors (Lipinski definition) is 1. The lowest BCUT2D eigenvalue weighted by atomic mass is 10.2. The van der Waals surface area contributed by atoms with E-state index >= 15 is 0 Å². The van der Waals surface area contributed by atoms with Crippen molar-refractivity contribution in [1.29, 1.82) is 0 Å². The molecule has 0 aliphatic heterocycles. The van der Waals surface area contributed by atoms with Gasteiger partial charge in [0.25, 0.3) is 0 Å². The SMILES string of the molecule is Cc1nc2ccc(Nc3cc(C)c(Br)cn3)cc2o1. The monoisotopic (exact) mass is 317 g/mol. The second kappa shape index (κ2) is 4.66. The van der Waals surface area contributed by atoms with Crippen LogP contribution in [0.25, 0.3) is 11.1 Å². The third-order valence-corrected chi connectivity index (χ3v) is 3.64. The molecule has 3 aromatic rings. The van der Waals surface area contributed by atoms with Gasteiger partial charge in [0, 0.05) is 29.3 Å². The van der Waals surface area contributed by atoms with E-state index in [1.165, 1.54) is 0 Å². The number of aromatic nitrogens is 2. The summed E-state index contributed by atoms with van der Waals surface area (Å²) in [4.78, 5) is 8.59. The quantitative estimate of drug-likeness (QED) is 0.763. The molecule has 0 spiro atoms. The Kier molecular flexibility index (Phi) is 2.98. The molecule has 1 N–H and O–H groups in total. The largest absolute Gasteiger partial charge is 0.441 e. The van der Waals surface area contributed by atoms with Crippen LogP contribution in [-0.2, 0) is 0 Å². The molecule has 0 radical (unpaired) electrons. The topological polar surface area (TPSA) is 51.0 Å². The molecule has 0 aliphatic rings. The van der Waals surface area contributed by atoms with Gasteiger partial charge in [-0.1, -0.05) is 0 Å². The number of fused-ring (bicyclic) bond motifs is 1. The summed E-state index contributed by atoms with van der Waals surface area (Å²) in [5.41, 5.74) is 3.70. The summed E-state index contributed by atoms with van der Waals surface area (Å²) < 4.78 is 6.51. The molecular weight excluding hydrogens is 306 g/mol. The van der Waals surface area contributed by atoms with Gasteiger partial charge in [-0.2, -0.15) is 0 Å². The number of halogens is 1. The van der Waals surface area contributed by atoms with Gasteiger partial charge in [-0.25, -0.2) is 9.97 Å². The minimum Gasteiger partial charge on any atom is -0.441 e. The molecule has 3 rings (SSSR count). The van der Waals surface area contributed by atoms with Crippen molar-refractivity contribution in [2.75, 3.05) is 5.32 Å². The van der Waals surface area contributed by atoms with Gasteiger partial charge >= 0.3 is 0 Å². The van der Waals surface area contributed by atoms with Crippen LogP contribution in [0.4, 0.5) is 11.5 Å². The van der Waals surface area contributed by atoms with Crippen LogP contribution in [0.1, 0.15) is 11.5 Å². The highest BCUT2D eigenvalue weighted by Crippen LogP contribution is 2.24. The van der Waals surface area contributed by atoms with Gasteiger partial charge in [0.2, 0.25) is 0 Å². The molecule has 0 fully saturated rings. The Labute approximate surface area is 119 Å². The van der Waals surface area contributed by atoms with E-state index in [9.17, 15) is 0 Å². The van der Waals surface area contributed by atoms with Crippen molar-refractivity contribution in [3.05, 3.63) is 46.4 Å². The first-order valence-corrected chi connectivity index (χ1v) is 6.67. The summed E-state index contributed by atoms with van der Waals surface area (Å²) in [6, 6.07) is 7.80. The molecule has 0 unspecified atom stereocenters. The number of benzene rings is 1. The Bertz CT molecular complexity index is 752. The second-order valence-electron chi connectivity index (χ2n) is 4.36. The molecule has 0 atom stereocenters. The van der Waals surface area contributed by atoms with E-state index in [1.54, 1.807) is 6.20 Å². The van der Waals surface area contributed by atoms with E-state index in [0.29, 0.717) is 5.89 Å². The first-order chi connectivity index (χ1) is 9.11. The molecule has 0 bridgehead atoms. The molecule has 96 valence electrons. The van der Waals surface area contributed by atoms with Crippen LogP contribution in [0, 0.1) is 13.8 Å². The molecule has 2 aromatic heterocycles. The average Bonchev–Trinajstić information content (AvgIpc) is 2.73. The molecule has 19 heavy (non-hydrogen) atoms. The maximum absolute atomic E-state index is 5.51. The molecular formula is C14H12BrN3O. The maximum Gasteiger partial charge on any atom is 0.192 e. The molecule has 0 aliphatic carbocycles. The maximum atomic E-state index is 5.51. The number of hydrogen-bond acceptors (Lipinski definition) is 4. The summed E-state index contributed by atoms with van der Waals surface area (Å²) in [5, 5.41) is 3.25. The van der Waals surface area contributed by atoms with Gasteiger partial charge in [0.05, 0.1) is 0 Å². The van der Waals surface area contributed by atoms with Crippen molar-refractivity contribution in [1.82, 2.24) is 9.97 Å². The molecule has 5 heteroatoms. The minimum atomic E-state index is 0.671. The van der Waals surface area contributed by atoms with Crippen molar-refractivity contribution in [3.63, 3.8) is 0 Å². The van der Waals surface area contributed by atoms with Crippen molar-refractivity contribution in [2.45, 2.75) is 13.8 Å². The Hall–Kier alpha value is -1.88. The van der Waals surface area contributed by atoms with E-state index in [-0.39, 0.29) is 0 Å². The fraction of sp³-hybridized carbons (Fsp3) is 0.143. The highest BCUT2D eigenvalue weighted by atomic mass is 79.9. The highest BCUT2D eigenvalue weighted by Gasteiger charge is 2.04. The fourth-order valence-electron chi connectivity index (χ4n) is 1.87. The van der Waals surface area contributed by atoms with E-state index < -0.39 is 0 Å². The Balaban J connectivity index is 1.93. The summed E-state index contributed by atoms with van der Waals surface area (Å²) in [6.07, 6.45) is 1.79. The average molecular weight is 318 g/mol. The van der Waals surface area contributed by atoms with Crippen LogP contribution < -0.4 is 5.32 Å². The predicted molar refractivity (Wildman–Crippen MR) is 78.7 cm³/mol. The third-order valence-electron chi connectivity index (χ3n) is 2.81. The summed E-state index contributed by atoms with van der Waals surface area (Å²) in [6.45, 7) is 3.87. The molecule has 4 nitrogen and oxygen atoms in total. The normalized spacial score (nSPS) is 10.9. The first kappa shape index (κ1) is 12.2. The van der Waals surface area contributed by atoms with Gasteiger partial charge in [-0.3, -0.25) is 0 Å². The van der Waals surface area contributed by atoms with Crippen LogP contribution in [0.3, 0.4) is 0 Å². The zero-order valence-electron chi connectivity index (χ0n) is 10.6. The summed E-state index contributed by atoms with van der Waals surface area (Å²) >= 11 is 3.44. The van der Waals surface area contributed by atoms with Gasteiger partial charge in [-0.15, -0.1) is 0 Å². The van der Waals surface area contributed by atoms with Crippen molar-refractivity contribution < 1.29 is 4.42 Å². The Morgan fingerprint density at radius 3 is 2.84 bits per heavy atom. The highest BCUT2D eigenvalue weighted by molar-refractivity contribution is 9.10. The number of rotatable bonds is 2. The zero-order valence-corrected chi connectivity index (χ0v) is 12.2. The zero-order chi connectivity index (χ0) is 13.4. The fourth-order valence-corrected chi connectivity index (χ4v) is 2.09. The number of anilines is 2. The van der Waals surface area contributed by atoms with Gasteiger partial charge in [0.15, 0.2) is 11.5 Å². The number of nitrogens with zero attached hydrogens (tertiary/aromatic N) is 2. The van der Waals surface area contributed by atoms with Crippen LogP contribution in [-0.4, -0.2) is 9.97 Å². The van der Waals surface area contributed by atoms with Gasteiger partial charge in [-0.05, 0) is 46.6 Å². The number of nitrogens with one attached hydrogen (secondary N) is 1. The van der Waals surface area contributed by atoms with Crippen LogP contribution >= 0.6 is 15.9 Å². The van der Waals surface area contributed by atoms with Crippen LogP contribution in [0.15, 0.2) is 39.4 Å². The van der Waals surface area contributed by atoms with E-state index in [4.69, 9.17) is 4.42 Å². The lowest BCUT2D eigenvalue weighted by Gasteiger charge is -2.06.